The molecule has 0 saturated carbocycles. The second kappa shape index (κ2) is 6.67. The summed E-state index contributed by atoms with van der Waals surface area (Å²) < 4.78 is 0. The van der Waals surface area contributed by atoms with Crippen molar-refractivity contribution in [3.63, 3.8) is 0 Å². The van der Waals surface area contributed by atoms with E-state index in [1.807, 2.05) is 6.92 Å². The highest BCUT2D eigenvalue weighted by molar-refractivity contribution is 6.36. The summed E-state index contributed by atoms with van der Waals surface area (Å²) >= 11 is 0. The lowest BCUT2D eigenvalue weighted by molar-refractivity contribution is 0.0926. The minimum absolute atomic E-state index is 0.0936. The van der Waals surface area contributed by atoms with Gasteiger partial charge in [0.25, 0.3) is 11.8 Å². The average molecular weight is 349 g/mol. The Morgan fingerprint density at radius 2 is 1.35 bits per heavy atom. The number of imide groups is 1. The van der Waals surface area contributed by atoms with Gasteiger partial charge in [0, 0.05) is 11.1 Å². The highest BCUT2D eigenvalue weighted by Gasteiger charge is 2.39. The van der Waals surface area contributed by atoms with E-state index >= 15 is 0 Å². The van der Waals surface area contributed by atoms with E-state index in [-0.39, 0.29) is 39.5 Å². The summed E-state index contributed by atoms with van der Waals surface area (Å²) in [6.45, 7) is 4.74. The van der Waals surface area contributed by atoms with Crippen LogP contribution in [-0.2, 0) is 6.42 Å². The number of carbonyl (C=O) groups excluding carboxylic acids is 4. The first-order valence-corrected chi connectivity index (χ1v) is 8.53. The van der Waals surface area contributed by atoms with Crippen molar-refractivity contribution >= 4 is 29.1 Å². The SMILES string of the molecule is CCCc1cc(C(C)=O)c(N2C(=O)c3ccccc3C2=O)c(C(C)=O)c1. The highest BCUT2D eigenvalue weighted by Crippen LogP contribution is 2.35. The van der Waals surface area contributed by atoms with Gasteiger partial charge < -0.3 is 0 Å². The summed E-state index contributed by atoms with van der Waals surface area (Å²) in [5, 5.41) is 0. The fourth-order valence-corrected chi connectivity index (χ4v) is 3.30. The van der Waals surface area contributed by atoms with E-state index in [1.54, 1.807) is 36.4 Å². The van der Waals surface area contributed by atoms with Gasteiger partial charge in [-0.15, -0.1) is 0 Å². The summed E-state index contributed by atoms with van der Waals surface area (Å²) in [5.41, 5.74) is 1.92. The quantitative estimate of drug-likeness (QED) is 0.607. The van der Waals surface area contributed by atoms with Crippen LogP contribution in [0.25, 0.3) is 0 Å². The number of anilines is 1. The monoisotopic (exact) mass is 349 g/mol. The Kier molecular flexibility index (Phi) is 4.55. The molecule has 0 fully saturated rings. The third kappa shape index (κ3) is 2.75. The van der Waals surface area contributed by atoms with Gasteiger partial charge in [0.2, 0.25) is 0 Å². The van der Waals surface area contributed by atoms with Crippen LogP contribution < -0.4 is 4.90 Å². The van der Waals surface area contributed by atoms with E-state index in [1.165, 1.54) is 13.8 Å². The average Bonchev–Trinajstić information content (AvgIpc) is 2.86. The van der Waals surface area contributed by atoms with Crippen LogP contribution in [0.4, 0.5) is 5.69 Å². The molecule has 0 spiro atoms. The fraction of sp³-hybridized carbons (Fsp3) is 0.238. The maximum atomic E-state index is 12.9. The van der Waals surface area contributed by atoms with Crippen molar-refractivity contribution < 1.29 is 19.2 Å². The maximum absolute atomic E-state index is 12.9. The van der Waals surface area contributed by atoms with Crippen LogP contribution in [0.15, 0.2) is 36.4 Å². The van der Waals surface area contributed by atoms with E-state index < -0.39 is 11.8 Å². The first-order valence-electron chi connectivity index (χ1n) is 8.53. The van der Waals surface area contributed by atoms with Crippen molar-refractivity contribution in [2.75, 3.05) is 4.90 Å². The van der Waals surface area contributed by atoms with Crippen LogP contribution in [0.2, 0.25) is 0 Å². The fourth-order valence-electron chi connectivity index (χ4n) is 3.30. The van der Waals surface area contributed by atoms with E-state index in [4.69, 9.17) is 0 Å². The summed E-state index contributed by atoms with van der Waals surface area (Å²) in [6, 6.07) is 9.85. The van der Waals surface area contributed by atoms with Gasteiger partial charge in [0.1, 0.15) is 0 Å². The summed E-state index contributed by atoms with van der Waals surface area (Å²) in [6.07, 6.45) is 1.55. The van der Waals surface area contributed by atoms with E-state index in [0.29, 0.717) is 6.42 Å². The molecule has 0 aliphatic carbocycles. The van der Waals surface area contributed by atoms with Crippen LogP contribution in [0.3, 0.4) is 0 Å². The van der Waals surface area contributed by atoms with Crippen molar-refractivity contribution in [2.45, 2.75) is 33.6 Å². The lowest BCUT2D eigenvalue weighted by atomic mass is 9.95. The Hall–Kier alpha value is -3.08. The van der Waals surface area contributed by atoms with Crippen LogP contribution in [0, 0.1) is 0 Å². The van der Waals surface area contributed by atoms with Crippen molar-refractivity contribution in [1.29, 1.82) is 0 Å². The maximum Gasteiger partial charge on any atom is 0.266 e. The second-order valence-electron chi connectivity index (χ2n) is 6.39. The van der Waals surface area contributed by atoms with Gasteiger partial charge in [-0.1, -0.05) is 25.5 Å². The molecule has 0 saturated heterocycles. The molecule has 0 radical (unpaired) electrons. The Labute approximate surface area is 151 Å². The topological polar surface area (TPSA) is 71.5 Å². The molecule has 5 nitrogen and oxygen atoms in total. The minimum Gasteiger partial charge on any atom is -0.294 e. The van der Waals surface area contributed by atoms with Gasteiger partial charge in [-0.25, -0.2) is 4.90 Å². The first-order chi connectivity index (χ1) is 12.4. The van der Waals surface area contributed by atoms with Crippen LogP contribution in [0.5, 0.6) is 0 Å². The van der Waals surface area contributed by atoms with Crippen molar-refractivity contribution in [1.82, 2.24) is 0 Å². The van der Waals surface area contributed by atoms with Crippen molar-refractivity contribution in [3.05, 3.63) is 64.2 Å². The lowest BCUT2D eigenvalue weighted by Crippen LogP contribution is -2.32. The Balaban J connectivity index is 2.28. The molecule has 1 heterocycles. The number of benzene rings is 2. The van der Waals surface area contributed by atoms with Crippen molar-refractivity contribution in [3.8, 4) is 0 Å². The van der Waals surface area contributed by atoms with Gasteiger partial charge in [-0.3, -0.25) is 19.2 Å². The molecular formula is C21H19NO4. The predicted molar refractivity (Wildman–Crippen MR) is 98.0 cm³/mol. The number of hydrogen-bond donors (Lipinski definition) is 0. The minimum atomic E-state index is -0.515. The molecule has 0 bridgehead atoms. The van der Waals surface area contributed by atoms with Gasteiger partial charge in [-0.05, 0) is 50.1 Å². The number of amides is 2. The van der Waals surface area contributed by atoms with Crippen molar-refractivity contribution in [2.24, 2.45) is 0 Å². The molecule has 3 rings (SSSR count). The number of Topliss-reactive ketones (excluding diaryl/α,β-unsaturated/α-hetero) is 2. The largest absolute Gasteiger partial charge is 0.294 e. The van der Waals surface area contributed by atoms with E-state index in [2.05, 4.69) is 0 Å². The molecule has 2 amide bonds. The molecule has 26 heavy (non-hydrogen) atoms. The zero-order chi connectivity index (χ0) is 19.0. The normalized spacial score (nSPS) is 13.1. The lowest BCUT2D eigenvalue weighted by Gasteiger charge is -2.21. The molecule has 132 valence electrons. The molecule has 0 N–H and O–H groups in total. The third-order valence-corrected chi connectivity index (χ3v) is 4.48. The van der Waals surface area contributed by atoms with E-state index in [0.717, 1.165) is 16.9 Å². The van der Waals surface area contributed by atoms with Crippen LogP contribution in [-0.4, -0.2) is 23.4 Å². The number of carbonyl (C=O) groups is 4. The second-order valence-corrected chi connectivity index (χ2v) is 6.39. The van der Waals surface area contributed by atoms with E-state index in [9.17, 15) is 19.2 Å². The Morgan fingerprint density at radius 3 is 1.73 bits per heavy atom. The predicted octanol–water partition coefficient (Wildman–Crippen LogP) is 3.84. The van der Waals surface area contributed by atoms with Gasteiger partial charge >= 0.3 is 0 Å². The summed E-state index contributed by atoms with van der Waals surface area (Å²) in [7, 11) is 0. The zero-order valence-corrected chi connectivity index (χ0v) is 15.0. The summed E-state index contributed by atoms with van der Waals surface area (Å²) in [5.74, 6) is -1.62. The Morgan fingerprint density at radius 1 is 0.885 bits per heavy atom. The number of fused-ring (bicyclic) bond motifs is 1. The molecule has 0 aromatic heterocycles. The standard InChI is InChI=1S/C21H19NO4/c1-4-7-14-10-17(12(2)23)19(18(11-14)13(3)24)22-20(25)15-8-5-6-9-16(15)21(22)26/h5-6,8-11H,4,7H2,1-3H3. The molecule has 2 aromatic carbocycles. The Bertz CT molecular complexity index is 888. The number of ketones is 2. The highest BCUT2D eigenvalue weighted by atomic mass is 16.2. The number of nitrogens with zero attached hydrogens (tertiary/aromatic N) is 1. The molecule has 1 aliphatic heterocycles. The van der Waals surface area contributed by atoms with Gasteiger partial charge in [0.15, 0.2) is 11.6 Å². The molecule has 2 aromatic rings. The molecule has 5 heteroatoms. The first kappa shape index (κ1) is 17.7. The third-order valence-electron chi connectivity index (χ3n) is 4.48. The smallest absolute Gasteiger partial charge is 0.266 e. The number of aryl methyl sites for hydroxylation is 1. The molecule has 1 aliphatic rings. The zero-order valence-electron chi connectivity index (χ0n) is 15.0. The van der Waals surface area contributed by atoms with Crippen LogP contribution >= 0.6 is 0 Å². The molecule has 0 atom stereocenters. The van der Waals surface area contributed by atoms with Crippen LogP contribution in [0.1, 0.15) is 74.2 Å². The number of rotatable bonds is 5. The summed E-state index contributed by atoms with van der Waals surface area (Å²) in [4.78, 5) is 51.2. The number of hydrogen-bond acceptors (Lipinski definition) is 4. The molecular weight excluding hydrogens is 330 g/mol. The van der Waals surface area contributed by atoms with Gasteiger partial charge in [0.05, 0.1) is 16.8 Å². The van der Waals surface area contributed by atoms with Gasteiger partial charge in [-0.2, -0.15) is 0 Å². The molecule has 0 unspecified atom stereocenters.